The molecule has 2 atom stereocenters. The zero-order valence-electron chi connectivity index (χ0n) is 9.42. The monoisotopic (exact) mass is 201 g/mol. The number of hydrogen-bond acceptors (Lipinski definition) is 3. The van der Waals surface area contributed by atoms with E-state index in [0.29, 0.717) is 12.1 Å². The molecule has 1 heterocycles. The van der Waals surface area contributed by atoms with Crippen LogP contribution in [0.3, 0.4) is 0 Å². The maximum absolute atomic E-state index is 5.70. The Hall–Kier alpha value is -0.120. The van der Waals surface area contributed by atoms with Gasteiger partial charge in [0.05, 0.1) is 6.10 Å². The minimum Gasteiger partial charge on any atom is -0.385 e. The number of hydrogen-bond donors (Lipinski definition) is 1. The van der Waals surface area contributed by atoms with E-state index in [1.807, 2.05) is 0 Å². The smallest absolute Gasteiger partial charge is 0.0728 e. The number of methoxy groups -OCH3 is 1. The highest BCUT2D eigenvalue weighted by Gasteiger charge is 2.24. The van der Waals surface area contributed by atoms with Gasteiger partial charge in [0.15, 0.2) is 0 Å². The van der Waals surface area contributed by atoms with Crippen LogP contribution in [-0.4, -0.2) is 39.0 Å². The summed E-state index contributed by atoms with van der Waals surface area (Å²) >= 11 is 0. The minimum atomic E-state index is 0.437. The first kappa shape index (κ1) is 12.0. The molecule has 0 aromatic heterocycles. The lowest BCUT2D eigenvalue weighted by Gasteiger charge is -2.23. The molecule has 3 nitrogen and oxygen atoms in total. The Balaban J connectivity index is 2.22. The first-order chi connectivity index (χ1) is 6.88. The third-order valence-corrected chi connectivity index (χ3v) is 2.74. The van der Waals surface area contributed by atoms with E-state index >= 15 is 0 Å². The molecule has 0 radical (unpaired) electrons. The first-order valence-corrected chi connectivity index (χ1v) is 5.72. The highest BCUT2D eigenvalue weighted by Crippen LogP contribution is 2.18. The fourth-order valence-electron chi connectivity index (χ4n) is 2.05. The fraction of sp³-hybridized carbons (Fsp3) is 1.00. The zero-order valence-corrected chi connectivity index (χ0v) is 9.42. The summed E-state index contributed by atoms with van der Waals surface area (Å²) in [6, 6.07) is 0.526. The molecule has 0 aromatic carbocycles. The summed E-state index contributed by atoms with van der Waals surface area (Å²) in [7, 11) is 1.76. The van der Waals surface area contributed by atoms with E-state index in [4.69, 9.17) is 9.47 Å². The van der Waals surface area contributed by atoms with Crippen molar-refractivity contribution in [2.45, 2.75) is 44.8 Å². The molecule has 0 bridgehead atoms. The van der Waals surface area contributed by atoms with Crippen LogP contribution in [0.2, 0.25) is 0 Å². The molecule has 1 N–H and O–H groups in total. The lowest BCUT2D eigenvalue weighted by molar-refractivity contribution is 0.0720. The van der Waals surface area contributed by atoms with Crippen LogP contribution in [0.1, 0.15) is 32.6 Å². The Kier molecular flexibility index (Phi) is 6.15. The van der Waals surface area contributed by atoms with Gasteiger partial charge in [-0.1, -0.05) is 6.92 Å². The van der Waals surface area contributed by atoms with Crippen LogP contribution in [0.4, 0.5) is 0 Å². The van der Waals surface area contributed by atoms with E-state index in [0.717, 1.165) is 32.6 Å². The van der Waals surface area contributed by atoms with Gasteiger partial charge in [0.2, 0.25) is 0 Å². The second-order valence-corrected chi connectivity index (χ2v) is 3.85. The van der Waals surface area contributed by atoms with Gasteiger partial charge in [0.25, 0.3) is 0 Å². The molecule has 84 valence electrons. The normalized spacial score (nSPS) is 24.0. The van der Waals surface area contributed by atoms with Gasteiger partial charge < -0.3 is 14.8 Å². The van der Waals surface area contributed by atoms with Crippen molar-refractivity contribution in [1.29, 1.82) is 0 Å². The van der Waals surface area contributed by atoms with Crippen molar-refractivity contribution in [2.75, 3.05) is 26.9 Å². The number of rotatable bonds is 7. The van der Waals surface area contributed by atoms with Gasteiger partial charge in [-0.15, -0.1) is 0 Å². The van der Waals surface area contributed by atoms with E-state index in [1.54, 1.807) is 7.11 Å². The van der Waals surface area contributed by atoms with Crippen LogP contribution < -0.4 is 5.32 Å². The summed E-state index contributed by atoms with van der Waals surface area (Å²) in [5.74, 6) is 0. The summed E-state index contributed by atoms with van der Waals surface area (Å²) in [6.45, 7) is 4.97. The third-order valence-electron chi connectivity index (χ3n) is 2.74. The van der Waals surface area contributed by atoms with Crippen molar-refractivity contribution in [2.24, 2.45) is 0 Å². The Morgan fingerprint density at radius 1 is 1.57 bits per heavy atom. The minimum absolute atomic E-state index is 0.437. The average molecular weight is 201 g/mol. The molecule has 0 aliphatic carbocycles. The van der Waals surface area contributed by atoms with Gasteiger partial charge in [-0.25, -0.2) is 0 Å². The van der Waals surface area contributed by atoms with Gasteiger partial charge >= 0.3 is 0 Å². The molecule has 0 saturated carbocycles. The maximum Gasteiger partial charge on any atom is 0.0728 e. The molecule has 1 aliphatic heterocycles. The predicted octanol–water partition coefficient (Wildman–Crippen LogP) is 1.57. The van der Waals surface area contributed by atoms with Crippen LogP contribution in [0.25, 0.3) is 0 Å². The van der Waals surface area contributed by atoms with Crippen LogP contribution >= 0.6 is 0 Å². The molecular formula is C11H23NO2. The molecule has 0 aromatic rings. The Labute approximate surface area is 87.2 Å². The molecule has 2 unspecified atom stereocenters. The van der Waals surface area contributed by atoms with Crippen molar-refractivity contribution >= 4 is 0 Å². The third kappa shape index (κ3) is 3.95. The number of likely N-dealkylation sites (N-methyl/N-ethyl adjacent to an activating group) is 1. The van der Waals surface area contributed by atoms with Gasteiger partial charge in [-0.05, 0) is 32.2 Å². The molecule has 0 spiro atoms. The second-order valence-electron chi connectivity index (χ2n) is 3.85. The summed E-state index contributed by atoms with van der Waals surface area (Å²) in [6.07, 6.45) is 5.15. The molecule has 0 amide bonds. The van der Waals surface area contributed by atoms with Crippen LogP contribution in [-0.2, 0) is 9.47 Å². The standard InChI is InChI=1S/C11H23NO2/c1-3-12-10(6-4-8-13-2)11-7-5-9-14-11/h10-12H,3-9H2,1-2H3. The predicted molar refractivity (Wildman–Crippen MR) is 57.5 cm³/mol. The highest BCUT2D eigenvalue weighted by atomic mass is 16.5. The SMILES string of the molecule is CCNC(CCCOC)C1CCCO1. The summed E-state index contributed by atoms with van der Waals surface area (Å²) < 4.78 is 10.8. The van der Waals surface area contributed by atoms with Crippen LogP contribution in [0.15, 0.2) is 0 Å². The lowest BCUT2D eigenvalue weighted by Crippen LogP contribution is -2.39. The molecular weight excluding hydrogens is 178 g/mol. The topological polar surface area (TPSA) is 30.5 Å². The van der Waals surface area contributed by atoms with E-state index in [2.05, 4.69) is 12.2 Å². The largest absolute Gasteiger partial charge is 0.385 e. The number of ether oxygens (including phenoxy) is 2. The summed E-state index contributed by atoms with van der Waals surface area (Å²) in [5, 5.41) is 3.50. The molecule has 3 heteroatoms. The first-order valence-electron chi connectivity index (χ1n) is 5.72. The molecule has 1 rings (SSSR count). The highest BCUT2D eigenvalue weighted by molar-refractivity contribution is 4.79. The van der Waals surface area contributed by atoms with Gasteiger partial charge in [-0.2, -0.15) is 0 Å². The fourth-order valence-corrected chi connectivity index (χ4v) is 2.05. The Morgan fingerprint density at radius 3 is 3.00 bits per heavy atom. The molecule has 1 fully saturated rings. The van der Waals surface area contributed by atoms with Crippen molar-refractivity contribution in [3.8, 4) is 0 Å². The molecule has 1 aliphatic rings. The number of nitrogens with one attached hydrogen (secondary N) is 1. The Morgan fingerprint density at radius 2 is 2.43 bits per heavy atom. The lowest BCUT2D eigenvalue weighted by atomic mass is 10.0. The average Bonchev–Trinajstić information content (AvgIpc) is 2.70. The zero-order chi connectivity index (χ0) is 10.2. The van der Waals surface area contributed by atoms with Gasteiger partial charge in [0.1, 0.15) is 0 Å². The van der Waals surface area contributed by atoms with Crippen LogP contribution in [0, 0.1) is 0 Å². The summed E-state index contributed by atoms with van der Waals surface area (Å²) in [5.41, 5.74) is 0. The molecule has 1 saturated heterocycles. The van der Waals surface area contributed by atoms with E-state index in [9.17, 15) is 0 Å². The Bertz CT molecular complexity index is 135. The van der Waals surface area contributed by atoms with Crippen molar-refractivity contribution in [1.82, 2.24) is 5.32 Å². The molecule has 14 heavy (non-hydrogen) atoms. The van der Waals surface area contributed by atoms with E-state index in [-0.39, 0.29) is 0 Å². The maximum atomic E-state index is 5.70. The van der Waals surface area contributed by atoms with Crippen molar-refractivity contribution < 1.29 is 9.47 Å². The summed E-state index contributed by atoms with van der Waals surface area (Å²) in [4.78, 5) is 0. The second kappa shape index (κ2) is 7.21. The van der Waals surface area contributed by atoms with Crippen molar-refractivity contribution in [3.05, 3.63) is 0 Å². The van der Waals surface area contributed by atoms with Gasteiger partial charge in [0, 0.05) is 26.4 Å². The van der Waals surface area contributed by atoms with Crippen LogP contribution in [0.5, 0.6) is 0 Å². The van der Waals surface area contributed by atoms with E-state index in [1.165, 1.54) is 12.8 Å². The van der Waals surface area contributed by atoms with E-state index < -0.39 is 0 Å². The quantitative estimate of drug-likeness (QED) is 0.634. The van der Waals surface area contributed by atoms with Crippen molar-refractivity contribution in [3.63, 3.8) is 0 Å². The van der Waals surface area contributed by atoms with Gasteiger partial charge in [-0.3, -0.25) is 0 Å².